The van der Waals surface area contributed by atoms with E-state index in [2.05, 4.69) is 81.3 Å². The molecule has 20 heavy (non-hydrogen) atoms. The van der Waals surface area contributed by atoms with Crippen LogP contribution in [0.1, 0.15) is 56.2 Å². The second-order valence-corrected chi connectivity index (χ2v) is 6.19. The molecule has 0 spiro atoms. The Balaban J connectivity index is 2.18. The Morgan fingerprint density at radius 1 is 1.05 bits per heavy atom. The second-order valence-electron chi connectivity index (χ2n) is 6.19. The fraction of sp³-hybridized carbons (Fsp3) is 0.444. The molecule has 2 aromatic rings. The number of rotatable bonds is 5. The number of aryl methyl sites for hydroxylation is 1. The van der Waals surface area contributed by atoms with Crippen molar-refractivity contribution in [2.75, 3.05) is 5.32 Å². The first-order valence-electron chi connectivity index (χ1n) is 7.46. The molecule has 0 bridgehead atoms. The molecule has 2 nitrogen and oxygen atoms in total. The molecule has 0 aliphatic heterocycles. The Bertz CT molecular complexity index is 565. The van der Waals surface area contributed by atoms with Crippen molar-refractivity contribution < 1.29 is 0 Å². The molecule has 108 valence electrons. The van der Waals surface area contributed by atoms with Gasteiger partial charge in [-0.25, -0.2) is 0 Å². The summed E-state index contributed by atoms with van der Waals surface area (Å²) < 4.78 is 2.09. The average molecular weight is 270 g/mol. The summed E-state index contributed by atoms with van der Waals surface area (Å²) in [6.07, 6.45) is 4.24. The van der Waals surface area contributed by atoms with Gasteiger partial charge in [0.25, 0.3) is 0 Å². The highest BCUT2D eigenvalue weighted by Gasteiger charge is 2.09. The van der Waals surface area contributed by atoms with Gasteiger partial charge in [-0.1, -0.05) is 39.8 Å². The smallest absolute Gasteiger partial charge is 0.0415 e. The highest BCUT2D eigenvalue weighted by Crippen LogP contribution is 2.28. The summed E-state index contributed by atoms with van der Waals surface area (Å²) in [6, 6.07) is 8.98. The van der Waals surface area contributed by atoms with Crippen molar-refractivity contribution >= 4 is 5.69 Å². The maximum atomic E-state index is 3.58. The van der Waals surface area contributed by atoms with E-state index in [1.807, 2.05) is 0 Å². The van der Waals surface area contributed by atoms with Gasteiger partial charge in [-0.2, -0.15) is 0 Å². The minimum Gasteiger partial charge on any atom is -0.381 e. The van der Waals surface area contributed by atoms with Gasteiger partial charge >= 0.3 is 0 Å². The van der Waals surface area contributed by atoms with Gasteiger partial charge in [-0.15, -0.1) is 0 Å². The lowest BCUT2D eigenvalue weighted by molar-refractivity contribution is 0.833. The largest absolute Gasteiger partial charge is 0.381 e. The molecule has 0 saturated heterocycles. The molecule has 2 rings (SSSR count). The number of nitrogens with zero attached hydrogens (tertiary/aromatic N) is 1. The molecule has 0 amide bonds. The maximum absolute atomic E-state index is 3.58. The molecule has 0 atom stereocenters. The van der Waals surface area contributed by atoms with Gasteiger partial charge in [-0.05, 0) is 40.7 Å². The molecule has 1 aromatic carbocycles. The lowest BCUT2D eigenvalue weighted by Crippen LogP contribution is -2.04. The predicted molar refractivity (Wildman–Crippen MR) is 87.4 cm³/mol. The second kappa shape index (κ2) is 6.17. The molecular formula is C18H26N2. The van der Waals surface area contributed by atoms with Crippen LogP contribution >= 0.6 is 0 Å². The first-order chi connectivity index (χ1) is 9.47. The van der Waals surface area contributed by atoms with Crippen LogP contribution in [0.15, 0.2) is 36.7 Å². The average Bonchev–Trinajstić information content (AvgIpc) is 2.81. The van der Waals surface area contributed by atoms with Gasteiger partial charge in [0, 0.05) is 31.7 Å². The molecule has 0 radical (unpaired) electrons. The van der Waals surface area contributed by atoms with Crippen LogP contribution in [0.3, 0.4) is 0 Å². The van der Waals surface area contributed by atoms with E-state index in [1.165, 1.54) is 22.4 Å². The maximum Gasteiger partial charge on any atom is 0.0415 e. The lowest BCUT2D eigenvalue weighted by Gasteiger charge is -2.17. The number of benzene rings is 1. The monoisotopic (exact) mass is 270 g/mol. The van der Waals surface area contributed by atoms with Crippen LogP contribution in [-0.2, 0) is 13.6 Å². The van der Waals surface area contributed by atoms with Gasteiger partial charge in [0.2, 0.25) is 0 Å². The zero-order valence-corrected chi connectivity index (χ0v) is 13.3. The van der Waals surface area contributed by atoms with Crippen molar-refractivity contribution in [1.82, 2.24) is 4.57 Å². The summed E-state index contributed by atoms with van der Waals surface area (Å²) in [5.74, 6) is 1.11. The molecule has 0 fully saturated rings. The van der Waals surface area contributed by atoms with Crippen molar-refractivity contribution in [3.05, 3.63) is 53.3 Å². The van der Waals surface area contributed by atoms with Crippen LogP contribution in [0.2, 0.25) is 0 Å². The van der Waals surface area contributed by atoms with Gasteiger partial charge < -0.3 is 9.88 Å². The third-order valence-corrected chi connectivity index (χ3v) is 3.74. The SMILES string of the molecule is CC(C)c1ccc(NCc2ccn(C)c2)c(C(C)C)c1. The van der Waals surface area contributed by atoms with Crippen molar-refractivity contribution in [3.63, 3.8) is 0 Å². The van der Waals surface area contributed by atoms with Gasteiger partial charge in [0.15, 0.2) is 0 Å². The predicted octanol–water partition coefficient (Wildman–Crippen LogP) is 4.88. The number of aromatic nitrogens is 1. The van der Waals surface area contributed by atoms with Gasteiger partial charge in [-0.3, -0.25) is 0 Å². The summed E-state index contributed by atoms with van der Waals surface area (Å²) in [7, 11) is 2.06. The van der Waals surface area contributed by atoms with Crippen LogP contribution in [0.5, 0.6) is 0 Å². The summed E-state index contributed by atoms with van der Waals surface area (Å²) in [5.41, 5.74) is 5.40. The molecule has 0 saturated carbocycles. The molecule has 0 aliphatic carbocycles. The topological polar surface area (TPSA) is 17.0 Å². The third kappa shape index (κ3) is 3.44. The molecule has 1 heterocycles. The summed E-state index contributed by atoms with van der Waals surface area (Å²) in [4.78, 5) is 0. The fourth-order valence-corrected chi connectivity index (χ4v) is 2.44. The van der Waals surface area contributed by atoms with E-state index in [0.29, 0.717) is 11.8 Å². The first-order valence-corrected chi connectivity index (χ1v) is 7.46. The van der Waals surface area contributed by atoms with Crippen LogP contribution in [0, 0.1) is 0 Å². The van der Waals surface area contributed by atoms with Crippen LogP contribution in [0.4, 0.5) is 5.69 Å². The zero-order chi connectivity index (χ0) is 14.7. The fourth-order valence-electron chi connectivity index (χ4n) is 2.44. The van der Waals surface area contributed by atoms with Crippen molar-refractivity contribution in [1.29, 1.82) is 0 Å². The quantitative estimate of drug-likeness (QED) is 0.819. The highest BCUT2D eigenvalue weighted by atomic mass is 14.9. The summed E-state index contributed by atoms with van der Waals surface area (Å²) >= 11 is 0. The Morgan fingerprint density at radius 3 is 2.35 bits per heavy atom. The highest BCUT2D eigenvalue weighted by molar-refractivity contribution is 5.54. The zero-order valence-electron chi connectivity index (χ0n) is 13.3. The van der Waals surface area contributed by atoms with Crippen LogP contribution in [0.25, 0.3) is 0 Å². The number of nitrogens with one attached hydrogen (secondary N) is 1. The minimum atomic E-state index is 0.534. The van der Waals surface area contributed by atoms with Crippen molar-refractivity contribution in [2.45, 2.75) is 46.1 Å². The molecule has 0 unspecified atom stereocenters. The Labute approximate surface area is 122 Å². The van der Waals surface area contributed by atoms with E-state index in [0.717, 1.165) is 6.54 Å². The van der Waals surface area contributed by atoms with E-state index >= 15 is 0 Å². The van der Waals surface area contributed by atoms with E-state index in [-0.39, 0.29) is 0 Å². The molecular weight excluding hydrogens is 244 g/mol. The van der Waals surface area contributed by atoms with E-state index in [4.69, 9.17) is 0 Å². The number of hydrogen-bond donors (Lipinski definition) is 1. The molecule has 1 N–H and O–H groups in total. The summed E-state index contributed by atoms with van der Waals surface area (Å²) in [5, 5.41) is 3.58. The van der Waals surface area contributed by atoms with E-state index < -0.39 is 0 Å². The number of hydrogen-bond acceptors (Lipinski definition) is 1. The third-order valence-electron chi connectivity index (χ3n) is 3.74. The van der Waals surface area contributed by atoms with E-state index in [9.17, 15) is 0 Å². The number of anilines is 1. The molecule has 1 aromatic heterocycles. The Kier molecular flexibility index (Phi) is 4.53. The standard InChI is InChI=1S/C18H26N2/c1-13(2)16-6-7-18(17(10-16)14(3)4)19-11-15-8-9-20(5)12-15/h6-10,12-14,19H,11H2,1-5H3. The first kappa shape index (κ1) is 14.7. The van der Waals surface area contributed by atoms with E-state index in [1.54, 1.807) is 0 Å². The molecule has 0 aliphatic rings. The van der Waals surface area contributed by atoms with Crippen LogP contribution < -0.4 is 5.32 Å². The Morgan fingerprint density at radius 2 is 1.80 bits per heavy atom. The molecule has 2 heteroatoms. The van der Waals surface area contributed by atoms with Gasteiger partial charge in [0.1, 0.15) is 0 Å². The van der Waals surface area contributed by atoms with Crippen molar-refractivity contribution in [3.8, 4) is 0 Å². The summed E-state index contributed by atoms with van der Waals surface area (Å²) in [6.45, 7) is 9.88. The Hall–Kier alpha value is -1.70. The normalized spacial score (nSPS) is 11.3. The van der Waals surface area contributed by atoms with Gasteiger partial charge in [0.05, 0.1) is 0 Å². The van der Waals surface area contributed by atoms with Crippen molar-refractivity contribution in [2.24, 2.45) is 7.05 Å². The van der Waals surface area contributed by atoms with Crippen LogP contribution in [-0.4, -0.2) is 4.57 Å². The lowest BCUT2D eigenvalue weighted by atomic mass is 9.94. The minimum absolute atomic E-state index is 0.534.